The van der Waals surface area contributed by atoms with E-state index >= 15 is 0 Å². The lowest BCUT2D eigenvalue weighted by molar-refractivity contribution is 0.310. The summed E-state index contributed by atoms with van der Waals surface area (Å²) in [5, 5.41) is 16.3. The van der Waals surface area contributed by atoms with Crippen LogP contribution in [0.15, 0.2) is 79.1 Å². The fourth-order valence-corrected chi connectivity index (χ4v) is 3.22. The average molecular weight is 380 g/mol. The summed E-state index contributed by atoms with van der Waals surface area (Å²) in [7, 11) is 0. The van der Waals surface area contributed by atoms with Crippen LogP contribution in [0.2, 0.25) is 0 Å². The summed E-state index contributed by atoms with van der Waals surface area (Å²) in [6.07, 6.45) is 3.26. The lowest BCUT2D eigenvalue weighted by atomic mass is 10.1. The van der Waals surface area contributed by atoms with Gasteiger partial charge in [-0.15, -0.1) is 10.2 Å². The third kappa shape index (κ3) is 3.41. The smallest absolute Gasteiger partial charge is 0.225 e. The molecule has 0 radical (unpaired) electrons. The van der Waals surface area contributed by atoms with Gasteiger partial charge in [0.1, 0.15) is 18.1 Å². The Morgan fingerprint density at radius 2 is 1.59 bits per heavy atom. The van der Waals surface area contributed by atoms with E-state index in [9.17, 15) is 0 Å². The highest BCUT2D eigenvalue weighted by Gasteiger charge is 2.13. The quantitative estimate of drug-likeness (QED) is 0.495. The maximum atomic E-state index is 6.07. The lowest BCUT2D eigenvalue weighted by Crippen LogP contribution is -1.97. The van der Waals surface area contributed by atoms with Gasteiger partial charge in [0.25, 0.3) is 0 Å². The Bertz CT molecular complexity index is 1250. The van der Waals surface area contributed by atoms with Gasteiger partial charge in [0, 0.05) is 23.3 Å². The standard InChI is InChI=1S/C22H16N6O/c1-2-6-18-16(4-1)5-3-7-19(18)29-14-15-8-10-17(11-9-15)20-21(24-13-12-23-20)22-25-27-28-26-22/h1-13H,14H2,(H,25,26,27,28). The van der Waals surface area contributed by atoms with Crippen molar-refractivity contribution in [2.45, 2.75) is 6.61 Å². The van der Waals surface area contributed by atoms with E-state index in [1.165, 1.54) is 0 Å². The molecule has 0 saturated carbocycles. The molecule has 0 aliphatic heterocycles. The van der Waals surface area contributed by atoms with Gasteiger partial charge in [-0.25, -0.2) is 4.98 Å². The molecule has 29 heavy (non-hydrogen) atoms. The van der Waals surface area contributed by atoms with Crippen LogP contribution in [-0.2, 0) is 6.61 Å². The first-order valence-corrected chi connectivity index (χ1v) is 9.13. The van der Waals surface area contributed by atoms with Crippen molar-refractivity contribution >= 4 is 10.8 Å². The third-order valence-corrected chi connectivity index (χ3v) is 4.63. The van der Waals surface area contributed by atoms with E-state index in [-0.39, 0.29) is 0 Å². The van der Waals surface area contributed by atoms with Crippen molar-refractivity contribution in [1.29, 1.82) is 0 Å². The summed E-state index contributed by atoms with van der Waals surface area (Å²) in [5.74, 6) is 1.29. The molecule has 7 heteroatoms. The molecule has 5 rings (SSSR count). The Labute approximate surface area is 166 Å². The number of hydrogen-bond acceptors (Lipinski definition) is 6. The number of ether oxygens (including phenoxy) is 1. The average Bonchev–Trinajstić information content (AvgIpc) is 3.33. The number of H-pyrrole nitrogens is 1. The number of aromatic nitrogens is 6. The summed E-state index contributed by atoms with van der Waals surface area (Å²) in [6.45, 7) is 0.479. The van der Waals surface area contributed by atoms with Gasteiger partial charge in [-0.2, -0.15) is 5.21 Å². The largest absolute Gasteiger partial charge is 0.488 e. The van der Waals surface area contributed by atoms with Crippen molar-refractivity contribution in [3.05, 3.63) is 84.7 Å². The number of fused-ring (bicyclic) bond motifs is 1. The maximum absolute atomic E-state index is 6.07. The molecule has 0 atom stereocenters. The zero-order chi connectivity index (χ0) is 19.5. The summed E-state index contributed by atoms with van der Waals surface area (Å²) in [6, 6.07) is 22.3. The third-order valence-electron chi connectivity index (χ3n) is 4.63. The van der Waals surface area contributed by atoms with Crippen molar-refractivity contribution in [2.75, 3.05) is 0 Å². The Morgan fingerprint density at radius 1 is 0.793 bits per heavy atom. The molecule has 0 amide bonds. The molecule has 140 valence electrons. The summed E-state index contributed by atoms with van der Waals surface area (Å²) >= 11 is 0. The van der Waals surface area contributed by atoms with Crippen LogP contribution in [0.5, 0.6) is 5.75 Å². The van der Waals surface area contributed by atoms with Gasteiger partial charge in [-0.1, -0.05) is 60.7 Å². The van der Waals surface area contributed by atoms with Crippen LogP contribution in [0.25, 0.3) is 33.5 Å². The van der Waals surface area contributed by atoms with Crippen LogP contribution in [0.3, 0.4) is 0 Å². The Balaban J connectivity index is 1.38. The number of nitrogens with zero attached hydrogens (tertiary/aromatic N) is 5. The fourth-order valence-electron chi connectivity index (χ4n) is 3.22. The molecular weight excluding hydrogens is 364 g/mol. The fraction of sp³-hybridized carbons (Fsp3) is 0.0455. The first-order chi connectivity index (χ1) is 14.4. The molecular formula is C22H16N6O. The van der Waals surface area contributed by atoms with Gasteiger partial charge in [0.05, 0.1) is 5.69 Å². The molecule has 3 aromatic carbocycles. The van der Waals surface area contributed by atoms with Crippen LogP contribution < -0.4 is 4.74 Å². The molecule has 0 saturated heterocycles. The minimum absolute atomic E-state index is 0.413. The summed E-state index contributed by atoms with van der Waals surface area (Å²) in [4.78, 5) is 8.80. The van der Waals surface area contributed by atoms with E-state index in [2.05, 4.69) is 48.8 Å². The first kappa shape index (κ1) is 17.0. The van der Waals surface area contributed by atoms with Crippen LogP contribution in [-0.4, -0.2) is 30.6 Å². The normalized spacial score (nSPS) is 10.9. The van der Waals surface area contributed by atoms with E-state index < -0.39 is 0 Å². The molecule has 5 aromatic rings. The highest BCUT2D eigenvalue weighted by atomic mass is 16.5. The first-order valence-electron chi connectivity index (χ1n) is 9.13. The zero-order valence-corrected chi connectivity index (χ0v) is 15.4. The van der Waals surface area contributed by atoms with Gasteiger partial charge in [-0.05, 0) is 22.2 Å². The number of tetrazole rings is 1. The number of aromatic amines is 1. The number of hydrogen-bond donors (Lipinski definition) is 1. The second-order valence-corrected chi connectivity index (χ2v) is 6.45. The van der Waals surface area contributed by atoms with Crippen molar-refractivity contribution in [3.63, 3.8) is 0 Å². The second-order valence-electron chi connectivity index (χ2n) is 6.45. The monoisotopic (exact) mass is 380 g/mol. The van der Waals surface area contributed by atoms with Crippen molar-refractivity contribution < 1.29 is 4.74 Å². The molecule has 0 fully saturated rings. The van der Waals surface area contributed by atoms with Gasteiger partial charge >= 0.3 is 0 Å². The highest BCUT2D eigenvalue weighted by Crippen LogP contribution is 2.28. The molecule has 7 nitrogen and oxygen atoms in total. The van der Waals surface area contributed by atoms with Gasteiger partial charge in [0.2, 0.25) is 5.82 Å². The van der Waals surface area contributed by atoms with Gasteiger partial charge in [0.15, 0.2) is 0 Å². The Kier molecular flexibility index (Phi) is 4.38. The van der Waals surface area contributed by atoms with Crippen LogP contribution in [0, 0.1) is 0 Å². The molecule has 1 N–H and O–H groups in total. The van der Waals surface area contributed by atoms with Crippen molar-refractivity contribution in [2.24, 2.45) is 0 Å². The van der Waals surface area contributed by atoms with E-state index in [0.717, 1.165) is 27.6 Å². The predicted octanol–water partition coefficient (Wildman–Crippen LogP) is 4.06. The van der Waals surface area contributed by atoms with E-state index in [4.69, 9.17) is 4.74 Å². The summed E-state index contributed by atoms with van der Waals surface area (Å²) < 4.78 is 6.07. The number of benzene rings is 3. The van der Waals surface area contributed by atoms with Crippen LogP contribution in [0.4, 0.5) is 0 Å². The lowest BCUT2D eigenvalue weighted by Gasteiger charge is -2.10. The number of rotatable bonds is 5. The van der Waals surface area contributed by atoms with E-state index in [0.29, 0.717) is 23.8 Å². The highest BCUT2D eigenvalue weighted by molar-refractivity contribution is 5.88. The van der Waals surface area contributed by atoms with Crippen molar-refractivity contribution in [1.82, 2.24) is 30.6 Å². The predicted molar refractivity (Wildman–Crippen MR) is 109 cm³/mol. The van der Waals surface area contributed by atoms with E-state index in [1.54, 1.807) is 12.4 Å². The second kappa shape index (κ2) is 7.47. The van der Waals surface area contributed by atoms with Crippen LogP contribution >= 0.6 is 0 Å². The van der Waals surface area contributed by atoms with Crippen molar-refractivity contribution in [3.8, 4) is 28.5 Å². The molecule has 0 aliphatic rings. The molecule has 0 aliphatic carbocycles. The topological polar surface area (TPSA) is 89.5 Å². The summed E-state index contributed by atoms with van der Waals surface area (Å²) in [5.41, 5.74) is 3.27. The zero-order valence-electron chi connectivity index (χ0n) is 15.4. The maximum Gasteiger partial charge on any atom is 0.225 e. The van der Waals surface area contributed by atoms with Gasteiger partial charge in [-0.3, -0.25) is 4.98 Å². The van der Waals surface area contributed by atoms with Crippen LogP contribution in [0.1, 0.15) is 5.56 Å². The number of nitrogens with one attached hydrogen (secondary N) is 1. The Hall–Kier alpha value is -4.13. The van der Waals surface area contributed by atoms with E-state index in [1.807, 2.05) is 48.5 Å². The molecule has 2 aromatic heterocycles. The Morgan fingerprint density at radius 3 is 2.41 bits per heavy atom. The molecule has 2 heterocycles. The molecule has 0 spiro atoms. The molecule has 0 unspecified atom stereocenters. The van der Waals surface area contributed by atoms with Gasteiger partial charge < -0.3 is 4.74 Å². The SMILES string of the molecule is c1ccc2c(OCc3ccc(-c4nccnc4-c4nn[nH]n4)cc3)cccc2c1. The molecule has 0 bridgehead atoms. The minimum atomic E-state index is 0.413. The minimum Gasteiger partial charge on any atom is -0.488 e.